The van der Waals surface area contributed by atoms with E-state index in [2.05, 4.69) is 96.5 Å². The van der Waals surface area contributed by atoms with Crippen LogP contribution in [0.2, 0.25) is 0 Å². The van der Waals surface area contributed by atoms with Gasteiger partial charge in [-0.3, -0.25) is 0 Å². The van der Waals surface area contributed by atoms with Crippen molar-refractivity contribution in [1.29, 1.82) is 0 Å². The van der Waals surface area contributed by atoms with Gasteiger partial charge in [0.15, 0.2) is 0 Å². The van der Waals surface area contributed by atoms with Crippen LogP contribution < -0.4 is 15.6 Å². The lowest BCUT2D eigenvalue weighted by Gasteiger charge is -2.20. The Balaban J connectivity index is 0.000000272. The third-order valence-electron chi connectivity index (χ3n) is 7.24. The number of likely N-dealkylation sites (tertiary alicyclic amines) is 1. The second-order valence-electron chi connectivity index (χ2n) is 10.5. The molecule has 5 heteroatoms. The van der Waals surface area contributed by atoms with E-state index in [0.29, 0.717) is 6.67 Å². The summed E-state index contributed by atoms with van der Waals surface area (Å²) < 4.78 is 0. The number of nitrogens with zero attached hydrogens (tertiary/aromatic N) is 1. The lowest BCUT2D eigenvalue weighted by molar-refractivity contribution is 0.333. The van der Waals surface area contributed by atoms with Crippen LogP contribution in [-0.4, -0.2) is 38.0 Å². The standard InChI is InChI=1S/C11H20.C10H17N3S.C8H10.C5H11N/c1-2-3-5-8-11-9-6-4-7-10-11;1-3-9-4-6-10(7-5-9)11-8-12-13-14-2;1-2-8-6-4-3-5-7-8;1-6-4-2-3-5-6/h2,11H,1,3-10H2;4-7,11-13H,3,8H2,1-2H3;3-7H,2H2,1H3;2-5H2,1H3. The van der Waals surface area contributed by atoms with Gasteiger partial charge in [0.1, 0.15) is 0 Å². The molecule has 0 atom stereocenters. The summed E-state index contributed by atoms with van der Waals surface area (Å²) >= 11 is 1.54. The fourth-order valence-electron chi connectivity index (χ4n) is 4.73. The fourth-order valence-corrected chi connectivity index (χ4v) is 4.94. The zero-order valence-electron chi connectivity index (χ0n) is 25.5. The molecule has 2 aromatic carbocycles. The molecule has 1 aliphatic heterocycles. The van der Waals surface area contributed by atoms with Crippen molar-refractivity contribution in [3.05, 3.63) is 78.4 Å². The minimum atomic E-state index is 0.715. The van der Waals surface area contributed by atoms with Crippen molar-refractivity contribution >= 4 is 17.6 Å². The van der Waals surface area contributed by atoms with Gasteiger partial charge in [0, 0.05) is 5.69 Å². The summed E-state index contributed by atoms with van der Waals surface area (Å²) in [6.45, 7) is 11.4. The van der Waals surface area contributed by atoms with Gasteiger partial charge in [-0.15, -0.1) is 6.58 Å². The molecule has 220 valence electrons. The predicted octanol–water partition coefficient (Wildman–Crippen LogP) is 8.87. The largest absolute Gasteiger partial charge is 0.371 e. The molecule has 1 saturated heterocycles. The first kappa shape index (κ1) is 35.2. The van der Waals surface area contributed by atoms with Crippen molar-refractivity contribution in [3.63, 3.8) is 0 Å². The van der Waals surface area contributed by atoms with Crippen molar-refractivity contribution in [2.75, 3.05) is 38.4 Å². The smallest absolute Gasteiger partial charge is 0.0792 e. The molecule has 0 bridgehead atoms. The fraction of sp³-hybridized carbons (Fsp3) is 0.588. The normalized spacial score (nSPS) is 15.1. The number of hydrogen-bond acceptors (Lipinski definition) is 5. The third-order valence-corrected chi connectivity index (χ3v) is 7.59. The second-order valence-corrected chi connectivity index (χ2v) is 11.1. The minimum Gasteiger partial charge on any atom is -0.371 e. The highest BCUT2D eigenvalue weighted by molar-refractivity contribution is 7.96. The number of hydrogen-bond donors (Lipinski definition) is 3. The van der Waals surface area contributed by atoms with Crippen LogP contribution >= 0.6 is 11.9 Å². The van der Waals surface area contributed by atoms with E-state index in [0.717, 1.165) is 24.4 Å². The van der Waals surface area contributed by atoms with Crippen LogP contribution in [-0.2, 0) is 12.8 Å². The highest BCUT2D eigenvalue weighted by Crippen LogP contribution is 2.27. The number of anilines is 1. The Morgan fingerprint density at radius 1 is 0.872 bits per heavy atom. The molecule has 2 fully saturated rings. The Morgan fingerprint density at radius 3 is 1.97 bits per heavy atom. The maximum Gasteiger partial charge on any atom is 0.0792 e. The lowest BCUT2D eigenvalue weighted by atomic mass is 9.86. The third kappa shape index (κ3) is 19.8. The maximum atomic E-state index is 3.74. The van der Waals surface area contributed by atoms with Gasteiger partial charge in [-0.2, -0.15) is 4.83 Å². The number of rotatable bonds is 11. The van der Waals surface area contributed by atoms with Gasteiger partial charge in [-0.1, -0.05) is 113 Å². The van der Waals surface area contributed by atoms with Crippen LogP contribution in [0.25, 0.3) is 0 Å². The van der Waals surface area contributed by atoms with Gasteiger partial charge in [0.2, 0.25) is 0 Å². The van der Waals surface area contributed by atoms with Crippen LogP contribution in [0.5, 0.6) is 0 Å². The molecule has 1 aliphatic carbocycles. The summed E-state index contributed by atoms with van der Waals surface area (Å²) in [6, 6.07) is 18.9. The summed E-state index contributed by atoms with van der Waals surface area (Å²) in [6.07, 6.45) is 20.6. The number of aryl methyl sites for hydroxylation is 2. The average Bonchev–Trinajstić information content (AvgIpc) is 3.48. The zero-order chi connectivity index (χ0) is 28.4. The molecule has 0 radical (unpaired) electrons. The van der Waals surface area contributed by atoms with Crippen molar-refractivity contribution in [2.24, 2.45) is 5.92 Å². The van der Waals surface area contributed by atoms with Crippen LogP contribution in [0.1, 0.15) is 89.2 Å². The number of allylic oxidation sites excluding steroid dienone is 1. The Kier molecular flexibility index (Phi) is 22.8. The molecule has 0 spiro atoms. The summed E-state index contributed by atoms with van der Waals surface area (Å²) in [7, 11) is 2.17. The molecule has 0 amide bonds. The molecule has 2 aliphatic rings. The second kappa shape index (κ2) is 25.2. The van der Waals surface area contributed by atoms with Crippen LogP contribution in [0.4, 0.5) is 5.69 Å². The van der Waals surface area contributed by atoms with E-state index in [-0.39, 0.29) is 0 Å². The molecule has 1 saturated carbocycles. The SMILES string of the molecule is C=CCCCC1CCCCC1.CCc1ccc(NCNNSC)cc1.CCc1ccccc1.CN1CCCC1. The number of hydrazine groups is 1. The quantitative estimate of drug-likeness (QED) is 0.0850. The Bertz CT molecular complexity index is 785. The summed E-state index contributed by atoms with van der Waals surface area (Å²) in [5, 5.41) is 3.24. The van der Waals surface area contributed by atoms with E-state index in [9.17, 15) is 0 Å². The summed E-state index contributed by atoms with van der Waals surface area (Å²) in [4.78, 5) is 5.31. The predicted molar refractivity (Wildman–Crippen MR) is 177 cm³/mol. The molecule has 2 aromatic rings. The van der Waals surface area contributed by atoms with E-state index in [4.69, 9.17) is 0 Å². The first-order chi connectivity index (χ1) is 19.1. The first-order valence-corrected chi connectivity index (χ1v) is 16.5. The van der Waals surface area contributed by atoms with Crippen molar-refractivity contribution < 1.29 is 0 Å². The van der Waals surface area contributed by atoms with Crippen LogP contribution in [0, 0.1) is 5.92 Å². The monoisotopic (exact) mass is 554 g/mol. The molecule has 1 heterocycles. The number of benzene rings is 2. The maximum absolute atomic E-state index is 3.74. The Morgan fingerprint density at radius 2 is 1.49 bits per heavy atom. The summed E-state index contributed by atoms with van der Waals surface area (Å²) in [5.74, 6) is 1.06. The topological polar surface area (TPSA) is 39.3 Å². The van der Waals surface area contributed by atoms with Crippen LogP contribution in [0.3, 0.4) is 0 Å². The van der Waals surface area contributed by atoms with E-state index in [1.807, 2.05) is 18.4 Å². The molecule has 0 unspecified atom stereocenters. The Hall–Kier alpha value is -1.79. The zero-order valence-corrected chi connectivity index (χ0v) is 26.3. The minimum absolute atomic E-state index is 0.715. The van der Waals surface area contributed by atoms with Gasteiger partial charge in [-0.25, -0.2) is 5.43 Å². The summed E-state index contributed by atoms with van der Waals surface area (Å²) in [5.41, 5.74) is 6.93. The van der Waals surface area contributed by atoms with Gasteiger partial charge >= 0.3 is 0 Å². The van der Waals surface area contributed by atoms with E-state index < -0.39 is 0 Å². The van der Waals surface area contributed by atoms with Gasteiger partial charge in [0.25, 0.3) is 0 Å². The van der Waals surface area contributed by atoms with Crippen molar-refractivity contribution in [3.8, 4) is 0 Å². The molecule has 39 heavy (non-hydrogen) atoms. The van der Waals surface area contributed by atoms with Crippen molar-refractivity contribution in [2.45, 2.75) is 90.9 Å². The van der Waals surface area contributed by atoms with Gasteiger partial charge in [-0.05, 0) is 94.1 Å². The molecular formula is C34H58N4S. The first-order valence-electron chi connectivity index (χ1n) is 15.3. The van der Waals surface area contributed by atoms with Gasteiger partial charge in [0.05, 0.1) is 6.67 Å². The van der Waals surface area contributed by atoms with E-state index in [1.54, 1.807) is 11.9 Å². The Labute approximate surface area is 245 Å². The molecule has 0 aromatic heterocycles. The van der Waals surface area contributed by atoms with Crippen molar-refractivity contribution in [1.82, 2.24) is 15.2 Å². The van der Waals surface area contributed by atoms with Gasteiger partial charge < -0.3 is 10.2 Å². The molecule has 4 rings (SSSR count). The molecule has 3 N–H and O–H groups in total. The average molecular weight is 555 g/mol. The highest BCUT2D eigenvalue weighted by atomic mass is 32.2. The molecular weight excluding hydrogens is 496 g/mol. The van der Waals surface area contributed by atoms with E-state index in [1.165, 1.54) is 88.4 Å². The van der Waals surface area contributed by atoms with Crippen LogP contribution in [0.15, 0.2) is 67.3 Å². The van der Waals surface area contributed by atoms with E-state index >= 15 is 0 Å². The molecule has 4 nitrogen and oxygen atoms in total. The lowest BCUT2D eigenvalue weighted by Crippen LogP contribution is -2.30. The number of unbranched alkanes of at least 4 members (excludes halogenated alkanes) is 1. The highest BCUT2D eigenvalue weighted by Gasteiger charge is 2.11. The number of nitrogens with one attached hydrogen (secondary N) is 3.